The van der Waals surface area contributed by atoms with Crippen LogP contribution < -0.4 is 5.32 Å². The quantitative estimate of drug-likeness (QED) is 0.725. The van der Waals surface area contributed by atoms with E-state index in [1.165, 1.54) is 11.3 Å². The largest absolute Gasteiger partial charge is 0.348 e. The molecule has 4 nitrogen and oxygen atoms in total. The third-order valence-corrected chi connectivity index (χ3v) is 5.22. The number of aromatic nitrogens is 1. The molecule has 1 aromatic heterocycles. The molecule has 5 heteroatoms. The van der Waals surface area contributed by atoms with Gasteiger partial charge in [0.25, 0.3) is 0 Å². The van der Waals surface area contributed by atoms with E-state index in [0.29, 0.717) is 11.6 Å². The summed E-state index contributed by atoms with van der Waals surface area (Å²) in [5.41, 5.74) is 4.29. The Morgan fingerprint density at radius 1 is 1.11 bits per heavy atom. The van der Waals surface area contributed by atoms with Crippen LogP contribution in [0, 0.1) is 6.92 Å². The third-order valence-electron chi connectivity index (χ3n) is 4.98. The van der Waals surface area contributed by atoms with Crippen LogP contribution in [0.3, 0.4) is 0 Å². The summed E-state index contributed by atoms with van der Waals surface area (Å²) in [6, 6.07) is 20.0. The highest BCUT2D eigenvalue weighted by Crippen LogP contribution is 2.33. The molecule has 2 heterocycles. The Hall–Kier alpha value is -2.56. The van der Waals surface area contributed by atoms with Gasteiger partial charge in [0, 0.05) is 35.7 Å². The molecule has 2 aromatic carbocycles. The molecule has 1 unspecified atom stereocenters. The molecule has 0 saturated carbocycles. The predicted molar refractivity (Wildman–Crippen MR) is 109 cm³/mol. The molecule has 0 fully saturated rings. The Kier molecular flexibility index (Phi) is 5.01. The maximum atomic E-state index is 12.7. The average Bonchev–Trinajstić information content (AvgIpc) is 3.12. The van der Waals surface area contributed by atoms with Crippen LogP contribution in [0.2, 0.25) is 5.02 Å². The summed E-state index contributed by atoms with van der Waals surface area (Å²) >= 11 is 6.23. The van der Waals surface area contributed by atoms with Gasteiger partial charge in [0.2, 0.25) is 5.91 Å². The van der Waals surface area contributed by atoms with E-state index in [1.807, 2.05) is 49.4 Å². The van der Waals surface area contributed by atoms with Gasteiger partial charge >= 0.3 is 0 Å². The van der Waals surface area contributed by atoms with Crippen molar-refractivity contribution < 1.29 is 4.79 Å². The van der Waals surface area contributed by atoms with Crippen LogP contribution in [0.1, 0.15) is 22.9 Å². The van der Waals surface area contributed by atoms with Gasteiger partial charge in [-0.25, -0.2) is 0 Å². The fraction of sp³-hybridized carbons (Fsp3) is 0.227. The lowest BCUT2D eigenvalue weighted by Crippen LogP contribution is -2.42. The van der Waals surface area contributed by atoms with Gasteiger partial charge in [-0.3, -0.25) is 9.69 Å². The van der Waals surface area contributed by atoms with Crippen molar-refractivity contribution in [3.05, 3.63) is 88.7 Å². The van der Waals surface area contributed by atoms with Crippen LogP contribution in [0.15, 0.2) is 66.9 Å². The Bertz CT molecular complexity index is 948. The summed E-state index contributed by atoms with van der Waals surface area (Å²) < 4.78 is 2.25. The van der Waals surface area contributed by atoms with Gasteiger partial charge in [0.1, 0.15) is 0 Å². The number of amides is 1. The van der Waals surface area contributed by atoms with Crippen LogP contribution in [0.5, 0.6) is 0 Å². The first-order chi connectivity index (χ1) is 13.1. The van der Waals surface area contributed by atoms with Crippen molar-refractivity contribution >= 4 is 23.2 Å². The Labute approximate surface area is 164 Å². The predicted octanol–water partition coefficient (Wildman–Crippen LogP) is 4.49. The second kappa shape index (κ2) is 7.59. The number of nitrogens with zero attached hydrogens (tertiary/aromatic N) is 2. The van der Waals surface area contributed by atoms with Crippen molar-refractivity contribution in [1.82, 2.24) is 9.47 Å². The number of fused-ring (bicyclic) bond motifs is 1. The van der Waals surface area contributed by atoms with E-state index in [9.17, 15) is 4.79 Å². The van der Waals surface area contributed by atoms with Crippen LogP contribution in [-0.2, 0) is 11.3 Å². The summed E-state index contributed by atoms with van der Waals surface area (Å²) in [5.74, 6) is -0.00844. The SMILES string of the molecule is Cc1ccc(NC(=O)CN2CCn3cccc3C2c2cccc(Cl)c2)cc1. The number of carbonyl (C=O) groups is 1. The van der Waals surface area contributed by atoms with Crippen LogP contribution in [0.25, 0.3) is 0 Å². The smallest absolute Gasteiger partial charge is 0.238 e. The number of anilines is 1. The first kappa shape index (κ1) is 17.8. The minimum absolute atomic E-state index is 0.00844. The lowest BCUT2D eigenvalue weighted by molar-refractivity contribution is -0.117. The zero-order valence-corrected chi connectivity index (χ0v) is 16.0. The van der Waals surface area contributed by atoms with Crippen LogP contribution in [0.4, 0.5) is 5.69 Å². The van der Waals surface area contributed by atoms with Gasteiger partial charge in [0.05, 0.1) is 12.6 Å². The van der Waals surface area contributed by atoms with E-state index >= 15 is 0 Å². The molecular weight excluding hydrogens is 358 g/mol. The highest BCUT2D eigenvalue weighted by atomic mass is 35.5. The average molecular weight is 380 g/mol. The number of hydrogen-bond acceptors (Lipinski definition) is 2. The van der Waals surface area contributed by atoms with E-state index in [1.54, 1.807) is 0 Å². The molecule has 1 atom stereocenters. The highest BCUT2D eigenvalue weighted by Gasteiger charge is 2.30. The summed E-state index contributed by atoms with van der Waals surface area (Å²) in [6.07, 6.45) is 2.09. The minimum Gasteiger partial charge on any atom is -0.348 e. The Balaban J connectivity index is 1.57. The van der Waals surface area contributed by atoms with Crippen molar-refractivity contribution in [2.45, 2.75) is 19.5 Å². The molecule has 0 saturated heterocycles. The van der Waals surface area contributed by atoms with Gasteiger partial charge in [-0.15, -0.1) is 0 Å². The van der Waals surface area contributed by atoms with Crippen molar-refractivity contribution in [2.75, 3.05) is 18.4 Å². The van der Waals surface area contributed by atoms with E-state index in [2.05, 4.69) is 39.2 Å². The van der Waals surface area contributed by atoms with E-state index < -0.39 is 0 Å². The van der Waals surface area contributed by atoms with Gasteiger partial charge in [-0.05, 0) is 48.9 Å². The lowest BCUT2D eigenvalue weighted by atomic mass is 10.00. The van der Waals surface area contributed by atoms with Crippen molar-refractivity contribution in [2.24, 2.45) is 0 Å². The first-order valence-corrected chi connectivity index (χ1v) is 9.49. The lowest BCUT2D eigenvalue weighted by Gasteiger charge is -2.37. The fourth-order valence-electron chi connectivity index (χ4n) is 3.68. The highest BCUT2D eigenvalue weighted by molar-refractivity contribution is 6.30. The Morgan fingerprint density at radius 2 is 1.93 bits per heavy atom. The number of carbonyl (C=O) groups excluding carboxylic acids is 1. The number of hydrogen-bond donors (Lipinski definition) is 1. The summed E-state index contributed by atoms with van der Waals surface area (Å²) in [4.78, 5) is 14.9. The molecular formula is C22H22ClN3O. The fourth-order valence-corrected chi connectivity index (χ4v) is 3.88. The molecule has 1 aliphatic heterocycles. The molecule has 1 amide bonds. The van der Waals surface area contributed by atoms with Crippen LogP contribution >= 0.6 is 11.6 Å². The zero-order valence-electron chi connectivity index (χ0n) is 15.2. The number of benzene rings is 2. The molecule has 0 spiro atoms. The standard InChI is InChI=1S/C22H22ClN3O/c1-16-7-9-19(10-8-16)24-21(27)15-26-13-12-25-11-3-6-20(25)22(26)17-4-2-5-18(23)14-17/h2-11,14,22H,12-13,15H2,1H3,(H,24,27). The number of halogens is 1. The topological polar surface area (TPSA) is 37.3 Å². The Morgan fingerprint density at radius 3 is 2.70 bits per heavy atom. The molecule has 3 aromatic rings. The van der Waals surface area contributed by atoms with Crippen molar-refractivity contribution in [3.8, 4) is 0 Å². The number of aryl methyl sites for hydroxylation is 1. The maximum absolute atomic E-state index is 12.7. The molecule has 0 radical (unpaired) electrons. The zero-order chi connectivity index (χ0) is 18.8. The second-order valence-corrected chi connectivity index (χ2v) is 7.41. The normalized spacial score (nSPS) is 16.7. The summed E-state index contributed by atoms with van der Waals surface area (Å²) in [5, 5.41) is 3.71. The summed E-state index contributed by atoms with van der Waals surface area (Å²) in [6.45, 7) is 4.04. The van der Waals surface area contributed by atoms with Gasteiger partial charge in [-0.1, -0.05) is 41.4 Å². The number of nitrogens with one attached hydrogen (secondary N) is 1. The van der Waals surface area contributed by atoms with Gasteiger partial charge in [0.15, 0.2) is 0 Å². The van der Waals surface area contributed by atoms with Gasteiger partial charge < -0.3 is 9.88 Å². The van der Waals surface area contributed by atoms with E-state index in [0.717, 1.165) is 24.3 Å². The monoisotopic (exact) mass is 379 g/mol. The van der Waals surface area contributed by atoms with Crippen molar-refractivity contribution in [3.63, 3.8) is 0 Å². The molecule has 1 aliphatic rings. The van der Waals surface area contributed by atoms with E-state index in [4.69, 9.17) is 11.6 Å². The molecule has 1 N–H and O–H groups in total. The number of rotatable bonds is 4. The van der Waals surface area contributed by atoms with Crippen molar-refractivity contribution in [1.29, 1.82) is 0 Å². The molecule has 0 aliphatic carbocycles. The van der Waals surface area contributed by atoms with E-state index in [-0.39, 0.29) is 11.9 Å². The van der Waals surface area contributed by atoms with Crippen LogP contribution in [-0.4, -0.2) is 28.5 Å². The summed E-state index contributed by atoms with van der Waals surface area (Å²) in [7, 11) is 0. The molecule has 27 heavy (non-hydrogen) atoms. The molecule has 138 valence electrons. The van der Waals surface area contributed by atoms with Gasteiger partial charge in [-0.2, -0.15) is 0 Å². The third kappa shape index (κ3) is 3.92. The first-order valence-electron chi connectivity index (χ1n) is 9.11. The second-order valence-electron chi connectivity index (χ2n) is 6.97. The maximum Gasteiger partial charge on any atom is 0.238 e. The molecule has 4 rings (SSSR count). The minimum atomic E-state index is -0.00844. The molecule has 0 bridgehead atoms.